The van der Waals surface area contributed by atoms with Crippen LogP contribution in [0, 0.1) is 0 Å². The van der Waals surface area contributed by atoms with E-state index in [1.165, 1.54) is 12.8 Å². The largest absolute Gasteiger partial charge is 0.504 e. The molecule has 4 rings (SSSR count). The average Bonchev–Trinajstić information content (AvgIpc) is 3.10. The zero-order chi connectivity index (χ0) is 20.2. The summed E-state index contributed by atoms with van der Waals surface area (Å²) in [6.45, 7) is 3.36. The molecule has 2 aliphatic rings. The molecule has 0 unspecified atom stereocenters. The Morgan fingerprint density at radius 3 is 2.24 bits per heavy atom. The van der Waals surface area contributed by atoms with Gasteiger partial charge in [-0.2, -0.15) is 0 Å². The molecule has 0 bridgehead atoms. The van der Waals surface area contributed by atoms with E-state index in [0.29, 0.717) is 5.75 Å². The van der Waals surface area contributed by atoms with E-state index in [0.717, 1.165) is 61.4 Å². The first kappa shape index (κ1) is 19.3. The molecule has 5 nitrogen and oxygen atoms in total. The van der Waals surface area contributed by atoms with Crippen LogP contribution in [-0.4, -0.2) is 44.3 Å². The van der Waals surface area contributed by atoms with Crippen LogP contribution in [0.3, 0.4) is 0 Å². The number of ether oxygens (including phenoxy) is 2. The average molecular weight is 391 g/mol. The molecule has 1 heterocycles. The quantitative estimate of drug-likeness (QED) is 0.797. The minimum Gasteiger partial charge on any atom is -0.504 e. The van der Waals surface area contributed by atoms with Gasteiger partial charge in [-0.05, 0) is 60.4 Å². The van der Waals surface area contributed by atoms with E-state index in [9.17, 15) is 9.90 Å². The highest BCUT2D eigenvalue weighted by atomic mass is 16.5. The van der Waals surface area contributed by atoms with Crippen LogP contribution in [0.15, 0.2) is 53.6 Å². The number of hydrogen-bond donors (Lipinski definition) is 1. The Hall–Kier alpha value is -3.05. The van der Waals surface area contributed by atoms with E-state index in [-0.39, 0.29) is 11.5 Å². The van der Waals surface area contributed by atoms with Crippen LogP contribution in [0.4, 0.5) is 5.69 Å². The maximum Gasteiger partial charge on any atom is 0.185 e. The van der Waals surface area contributed by atoms with Crippen molar-refractivity contribution in [1.82, 2.24) is 0 Å². The number of hydrogen-bond acceptors (Lipinski definition) is 5. The number of carbonyl (C=O) groups is 1. The minimum atomic E-state index is 0.0912. The summed E-state index contributed by atoms with van der Waals surface area (Å²) in [4.78, 5) is 15.1. The number of rotatable bonds is 4. The first-order valence-electron chi connectivity index (χ1n) is 9.89. The van der Waals surface area contributed by atoms with Crippen molar-refractivity contribution in [2.75, 3.05) is 38.3 Å². The van der Waals surface area contributed by atoms with Gasteiger partial charge in [0.15, 0.2) is 17.3 Å². The number of ketones is 1. The van der Waals surface area contributed by atoms with E-state index >= 15 is 0 Å². The third kappa shape index (κ3) is 4.35. The van der Waals surface area contributed by atoms with Gasteiger partial charge in [0, 0.05) is 29.9 Å². The third-order valence-electron chi connectivity index (χ3n) is 5.40. The summed E-state index contributed by atoms with van der Waals surface area (Å²) >= 11 is 0. The Bertz CT molecular complexity index is 953. The van der Waals surface area contributed by atoms with E-state index in [1.54, 1.807) is 18.2 Å². The summed E-state index contributed by atoms with van der Waals surface area (Å²) in [7, 11) is 1.51. The smallest absolute Gasteiger partial charge is 0.185 e. The second kappa shape index (κ2) is 8.53. The molecule has 0 aromatic heterocycles. The van der Waals surface area contributed by atoms with Crippen molar-refractivity contribution in [2.24, 2.45) is 0 Å². The van der Waals surface area contributed by atoms with E-state index < -0.39 is 0 Å². The summed E-state index contributed by atoms with van der Waals surface area (Å²) < 4.78 is 10.5. The van der Waals surface area contributed by atoms with Crippen molar-refractivity contribution in [3.63, 3.8) is 0 Å². The van der Waals surface area contributed by atoms with E-state index in [1.807, 2.05) is 12.2 Å². The van der Waals surface area contributed by atoms with Crippen LogP contribution < -0.4 is 9.64 Å². The molecule has 1 aliphatic heterocycles. The zero-order valence-electron chi connectivity index (χ0n) is 16.6. The molecule has 0 radical (unpaired) electrons. The van der Waals surface area contributed by atoms with Crippen molar-refractivity contribution in [3.05, 3.63) is 64.7 Å². The molecule has 150 valence electrons. The molecular weight excluding hydrogens is 366 g/mol. The second-order valence-corrected chi connectivity index (χ2v) is 7.29. The van der Waals surface area contributed by atoms with Gasteiger partial charge >= 0.3 is 0 Å². The SMILES string of the molecule is COc1cc(/C=C2\CC/C(=C\c3ccc(N4CCOCC4)cc3)C2=O)ccc1O. The molecule has 1 aliphatic carbocycles. The van der Waals surface area contributed by atoms with Crippen LogP contribution in [0.1, 0.15) is 24.0 Å². The van der Waals surface area contributed by atoms with Gasteiger partial charge in [0.1, 0.15) is 0 Å². The number of morpholine rings is 1. The number of aromatic hydroxyl groups is 1. The van der Waals surface area contributed by atoms with Crippen LogP contribution in [0.5, 0.6) is 11.5 Å². The molecule has 1 saturated heterocycles. The lowest BCUT2D eigenvalue weighted by Crippen LogP contribution is -2.36. The van der Waals surface area contributed by atoms with Gasteiger partial charge in [-0.3, -0.25) is 4.79 Å². The van der Waals surface area contributed by atoms with Crippen LogP contribution in [0.2, 0.25) is 0 Å². The maximum atomic E-state index is 12.8. The monoisotopic (exact) mass is 391 g/mol. The van der Waals surface area contributed by atoms with Gasteiger partial charge in [0.25, 0.3) is 0 Å². The number of anilines is 1. The maximum absolute atomic E-state index is 12.8. The van der Waals surface area contributed by atoms with Gasteiger partial charge < -0.3 is 19.5 Å². The Kier molecular flexibility index (Phi) is 5.67. The van der Waals surface area contributed by atoms with Crippen LogP contribution in [0.25, 0.3) is 12.2 Å². The number of nitrogens with zero attached hydrogens (tertiary/aromatic N) is 1. The number of Topliss-reactive ketones (excluding diaryl/α,β-unsaturated/α-hetero) is 1. The molecule has 2 aromatic carbocycles. The summed E-state index contributed by atoms with van der Waals surface area (Å²) in [6, 6.07) is 13.5. The van der Waals surface area contributed by atoms with Crippen molar-refractivity contribution in [1.29, 1.82) is 0 Å². The summed E-state index contributed by atoms with van der Waals surface area (Å²) in [6.07, 6.45) is 5.33. The van der Waals surface area contributed by atoms with Crippen LogP contribution in [-0.2, 0) is 9.53 Å². The minimum absolute atomic E-state index is 0.0912. The normalized spacial score (nSPS) is 19.9. The Balaban J connectivity index is 1.49. The highest BCUT2D eigenvalue weighted by molar-refractivity contribution is 6.15. The number of phenolic OH excluding ortho intramolecular Hbond substituents is 1. The highest BCUT2D eigenvalue weighted by Crippen LogP contribution is 2.32. The Morgan fingerprint density at radius 1 is 0.966 bits per heavy atom. The van der Waals surface area contributed by atoms with Crippen molar-refractivity contribution >= 4 is 23.6 Å². The van der Waals surface area contributed by atoms with Crippen LogP contribution >= 0.6 is 0 Å². The first-order valence-corrected chi connectivity index (χ1v) is 9.89. The molecule has 1 N–H and O–H groups in total. The lowest BCUT2D eigenvalue weighted by molar-refractivity contribution is -0.111. The molecule has 0 spiro atoms. The molecular formula is C24H25NO4. The number of carbonyl (C=O) groups excluding carboxylic acids is 1. The molecule has 29 heavy (non-hydrogen) atoms. The fourth-order valence-electron chi connectivity index (χ4n) is 3.77. The van der Waals surface area contributed by atoms with Gasteiger partial charge in [0.2, 0.25) is 0 Å². The molecule has 5 heteroatoms. The third-order valence-corrected chi connectivity index (χ3v) is 5.40. The van der Waals surface area contributed by atoms with Gasteiger partial charge in [0.05, 0.1) is 20.3 Å². The predicted molar refractivity (Wildman–Crippen MR) is 114 cm³/mol. The standard InChI is InChI=1S/C24H25NO4/c1-28-23-16-18(4-9-22(23)26)15-20-6-5-19(24(20)27)14-17-2-7-21(8-3-17)25-10-12-29-13-11-25/h2-4,7-9,14-16,26H,5-6,10-13H2,1H3/b19-14+,20-15+. The molecule has 0 atom stereocenters. The fourth-order valence-corrected chi connectivity index (χ4v) is 3.77. The number of allylic oxidation sites excluding steroid dienone is 2. The van der Waals surface area contributed by atoms with Crippen molar-refractivity contribution < 1.29 is 19.4 Å². The summed E-state index contributed by atoms with van der Waals surface area (Å²) in [5.74, 6) is 0.587. The van der Waals surface area contributed by atoms with Gasteiger partial charge in [-0.1, -0.05) is 18.2 Å². The predicted octanol–water partition coefficient (Wildman–Crippen LogP) is 4.07. The number of methoxy groups -OCH3 is 1. The second-order valence-electron chi connectivity index (χ2n) is 7.29. The highest BCUT2D eigenvalue weighted by Gasteiger charge is 2.23. The van der Waals surface area contributed by atoms with Gasteiger partial charge in [-0.25, -0.2) is 0 Å². The number of phenols is 1. The zero-order valence-corrected chi connectivity index (χ0v) is 16.6. The van der Waals surface area contributed by atoms with Crippen molar-refractivity contribution in [2.45, 2.75) is 12.8 Å². The summed E-state index contributed by atoms with van der Waals surface area (Å²) in [5.41, 5.74) is 4.70. The lowest BCUT2D eigenvalue weighted by atomic mass is 10.1. The molecule has 2 fully saturated rings. The number of benzene rings is 2. The Labute approximate surface area is 170 Å². The topological polar surface area (TPSA) is 59.0 Å². The fraction of sp³-hybridized carbons (Fsp3) is 0.292. The van der Waals surface area contributed by atoms with E-state index in [4.69, 9.17) is 9.47 Å². The lowest BCUT2D eigenvalue weighted by Gasteiger charge is -2.28. The molecule has 0 amide bonds. The van der Waals surface area contributed by atoms with E-state index in [2.05, 4.69) is 29.2 Å². The molecule has 1 saturated carbocycles. The summed E-state index contributed by atoms with van der Waals surface area (Å²) in [5, 5.41) is 9.73. The van der Waals surface area contributed by atoms with Gasteiger partial charge in [-0.15, -0.1) is 0 Å². The Morgan fingerprint density at radius 2 is 1.59 bits per heavy atom. The first-order chi connectivity index (χ1) is 14.1. The molecule has 2 aromatic rings. The van der Waals surface area contributed by atoms with Crippen molar-refractivity contribution in [3.8, 4) is 11.5 Å².